The summed E-state index contributed by atoms with van der Waals surface area (Å²) in [4.78, 5) is 4.31. The van der Waals surface area contributed by atoms with Crippen molar-refractivity contribution in [2.75, 3.05) is 0 Å². The fourth-order valence-electron chi connectivity index (χ4n) is 2.59. The van der Waals surface area contributed by atoms with E-state index in [1.165, 1.54) is 0 Å². The van der Waals surface area contributed by atoms with E-state index in [-0.39, 0.29) is 6.61 Å². The number of aromatic nitrogens is 1. The second-order valence-electron chi connectivity index (χ2n) is 5.37. The predicted molar refractivity (Wildman–Crippen MR) is 111 cm³/mol. The van der Waals surface area contributed by atoms with Crippen molar-refractivity contribution in [2.45, 2.75) is 6.61 Å². The van der Waals surface area contributed by atoms with Gasteiger partial charge >= 0.3 is 0 Å². The van der Waals surface area contributed by atoms with Crippen LogP contribution in [0.25, 0.3) is 22.3 Å². The van der Waals surface area contributed by atoms with Crippen LogP contribution < -0.4 is 0 Å². The maximum absolute atomic E-state index is 9.68. The van der Waals surface area contributed by atoms with E-state index in [2.05, 4.69) is 4.98 Å². The van der Waals surface area contributed by atoms with Crippen LogP contribution in [0, 0.1) is 0 Å². The normalized spacial score (nSPS) is 11.0. The molecule has 0 unspecified atom stereocenters. The molecule has 0 radical (unpaired) electrons. The maximum atomic E-state index is 9.68. The Hall–Kier alpha value is -0.710. The summed E-state index contributed by atoms with van der Waals surface area (Å²) in [5.41, 5.74) is 2.67. The van der Waals surface area contributed by atoms with Crippen molar-refractivity contribution in [1.82, 2.24) is 4.98 Å². The van der Waals surface area contributed by atoms with E-state index >= 15 is 0 Å². The van der Waals surface area contributed by atoms with Gasteiger partial charge < -0.3 is 5.11 Å². The Morgan fingerprint density at radius 1 is 0.692 bits per heavy atom. The Kier molecular flexibility index (Phi) is 6.25. The molecule has 0 spiro atoms. The molecule has 0 saturated carbocycles. The predicted octanol–water partition coefficient (Wildman–Crippen LogP) is 7.83. The second-order valence-corrected chi connectivity index (χ2v) is 7.87. The molecule has 0 atom stereocenters. The molecular formula is C18H9Cl6NO. The van der Waals surface area contributed by atoms with E-state index in [0.29, 0.717) is 58.1 Å². The molecule has 8 heteroatoms. The van der Waals surface area contributed by atoms with Crippen molar-refractivity contribution in [3.63, 3.8) is 0 Å². The molecule has 2 nitrogen and oxygen atoms in total. The number of hydrogen-bond donors (Lipinski definition) is 1. The van der Waals surface area contributed by atoms with Gasteiger partial charge in [0.25, 0.3) is 0 Å². The minimum absolute atomic E-state index is 0.299. The van der Waals surface area contributed by atoms with Crippen molar-refractivity contribution in [3.05, 3.63) is 72.4 Å². The van der Waals surface area contributed by atoms with Crippen molar-refractivity contribution in [1.29, 1.82) is 0 Å². The summed E-state index contributed by atoms with van der Waals surface area (Å²) in [6.45, 7) is -0.299. The Labute approximate surface area is 180 Å². The Balaban J connectivity index is 2.28. The van der Waals surface area contributed by atoms with Gasteiger partial charge in [-0.1, -0.05) is 69.6 Å². The van der Waals surface area contributed by atoms with Crippen LogP contribution in [0.5, 0.6) is 0 Å². The highest BCUT2D eigenvalue weighted by atomic mass is 35.5. The van der Waals surface area contributed by atoms with Crippen LogP contribution in [0.2, 0.25) is 30.1 Å². The van der Waals surface area contributed by atoms with Gasteiger partial charge in [0.1, 0.15) is 0 Å². The third-order valence-electron chi connectivity index (χ3n) is 3.69. The van der Waals surface area contributed by atoms with Crippen molar-refractivity contribution in [2.24, 2.45) is 0 Å². The van der Waals surface area contributed by atoms with Crippen molar-refractivity contribution < 1.29 is 5.11 Å². The summed E-state index contributed by atoms with van der Waals surface area (Å²) >= 11 is 37.2. The van der Waals surface area contributed by atoms with Crippen molar-refractivity contribution >= 4 is 69.6 Å². The molecule has 0 saturated heterocycles. The number of pyridine rings is 1. The SMILES string of the molecule is OCc1ncc(-c2c(Cl)cc(Cl)cc2Cl)cc1-c1c(Cl)cc(Cl)cc1Cl. The maximum Gasteiger partial charge on any atom is 0.0859 e. The van der Waals surface area contributed by atoms with E-state index in [4.69, 9.17) is 69.6 Å². The third kappa shape index (κ3) is 3.93. The number of hydrogen-bond acceptors (Lipinski definition) is 2. The van der Waals surface area contributed by atoms with E-state index in [1.807, 2.05) is 0 Å². The first kappa shape index (κ1) is 20.0. The highest BCUT2D eigenvalue weighted by molar-refractivity contribution is 6.43. The van der Waals surface area contributed by atoms with Gasteiger partial charge in [-0.05, 0) is 30.3 Å². The minimum atomic E-state index is -0.299. The van der Waals surface area contributed by atoms with E-state index in [9.17, 15) is 5.11 Å². The lowest BCUT2D eigenvalue weighted by Crippen LogP contribution is -1.97. The third-order valence-corrected chi connectivity index (χ3v) is 5.32. The van der Waals surface area contributed by atoms with Gasteiger partial charge in [0.2, 0.25) is 0 Å². The lowest BCUT2D eigenvalue weighted by atomic mass is 9.99. The van der Waals surface area contributed by atoms with E-state index in [0.717, 1.165) is 0 Å². The average molecular weight is 468 g/mol. The lowest BCUT2D eigenvalue weighted by Gasteiger charge is -2.15. The van der Waals surface area contributed by atoms with Gasteiger partial charge in [0, 0.05) is 38.5 Å². The van der Waals surface area contributed by atoms with Crippen LogP contribution in [0.15, 0.2) is 36.5 Å². The van der Waals surface area contributed by atoms with Gasteiger partial charge in [-0.15, -0.1) is 0 Å². The summed E-state index contributed by atoms with van der Waals surface area (Å²) in [5, 5.41) is 11.9. The molecule has 2 aromatic carbocycles. The van der Waals surface area contributed by atoms with Crippen LogP contribution in [0.4, 0.5) is 0 Å². The fourth-order valence-corrected chi connectivity index (χ4v) is 4.65. The van der Waals surface area contributed by atoms with Crippen LogP contribution in [0.3, 0.4) is 0 Å². The number of nitrogens with zero attached hydrogens (tertiary/aromatic N) is 1. The topological polar surface area (TPSA) is 33.1 Å². The van der Waals surface area contributed by atoms with Crippen LogP contribution >= 0.6 is 69.6 Å². The minimum Gasteiger partial charge on any atom is -0.390 e. The molecule has 0 aliphatic rings. The largest absolute Gasteiger partial charge is 0.390 e. The first-order valence-corrected chi connectivity index (χ1v) is 9.48. The van der Waals surface area contributed by atoms with Gasteiger partial charge in [0.15, 0.2) is 0 Å². The summed E-state index contributed by atoms with van der Waals surface area (Å²) < 4.78 is 0. The average Bonchev–Trinajstić information content (AvgIpc) is 2.53. The highest BCUT2D eigenvalue weighted by Gasteiger charge is 2.18. The molecule has 0 amide bonds. The molecule has 1 heterocycles. The van der Waals surface area contributed by atoms with E-state index in [1.54, 1.807) is 36.5 Å². The number of aliphatic hydroxyl groups is 1. The molecular weight excluding hydrogens is 459 g/mol. The number of benzene rings is 2. The van der Waals surface area contributed by atoms with Gasteiger partial charge in [-0.3, -0.25) is 4.98 Å². The lowest BCUT2D eigenvalue weighted by molar-refractivity contribution is 0.277. The molecule has 0 fully saturated rings. The highest BCUT2D eigenvalue weighted by Crippen LogP contribution is 2.42. The molecule has 3 rings (SSSR count). The zero-order valence-corrected chi connectivity index (χ0v) is 17.4. The summed E-state index contributed by atoms with van der Waals surface area (Å²) in [6, 6.07) is 8.08. The molecule has 1 N–H and O–H groups in total. The number of halogens is 6. The molecule has 3 aromatic rings. The summed E-state index contributed by atoms with van der Waals surface area (Å²) in [6.07, 6.45) is 1.56. The number of aliphatic hydroxyl groups excluding tert-OH is 1. The molecule has 134 valence electrons. The quantitative estimate of drug-likeness (QED) is 0.425. The molecule has 0 bridgehead atoms. The van der Waals surface area contributed by atoms with Crippen LogP contribution in [-0.4, -0.2) is 10.1 Å². The molecule has 26 heavy (non-hydrogen) atoms. The second kappa shape index (κ2) is 8.12. The Morgan fingerprint density at radius 3 is 1.62 bits per heavy atom. The summed E-state index contributed by atoms with van der Waals surface area (Å²) in [7, 11) is 0. The van der Waals surface area contributed by atoms with Crippen molar-refractivity contribution in [3.8, 4) is 22.3 Å². The first-order chi connectivity index (χ1) is 12.3. The molecule has 1 aromatic heterocycles. The zero-order chi connectivity index (χ0) is 19.0. The zero-order valence-electron chi connectivity index (χ0n) is 12.8. The number of rotatable bonds is 3. The molecule has 0 aliphatic heterocycles. The summed E-state index contributed by atoms with van der Waals surface area (Å²) in [5.74, 6) is 0. The van der Waals surface area contributed by atoms with Gasteiger partial charge in [-0.25, -0.2) is 0 Å². The Bertz CT molecular complexity index is 959. The first-order valence-electron chi connectivity index (χ1n) is 7.21. The smallest absolute Gasteiger partial charge is 0.0859 e. The Morgan fingerprint density at radius 2 is 1.15 bits per heavy atom. The standard InChI is InChI=1S/C18H9Cl6NO/c19-9-2-12(21)17(13(22)3-9)8-1-11(16(7-26)25-6-8)18-14(23)4-10(20)5-15(18)24/h1-6,26H,7H2. The van der Waals surface area contributed by atoms with Crippen LogP contribution in [0.1, 0.15) is 5.69 Å². The van der Waals surface area contributed by atoms with Crippen LogP contribution in [-0.2, 0) is 6.61 Å². The monoisotopic (exact) mass is 465 g/mol. The fraction of sp³-hybridized carbons (Fsp3) is 0.0556. The van der Waals surface area contributed by atoms with E-state index < -0.39 is 0 Å². The van der Waals surface area contributed by atoms with Gasteiger partial charge in [0.05, 0.1) is 32.4 Å². The molecule has 0 aliphatic carbocycles. The van der Waals surface area contributed by atoms with Gasteiger partial charge in [-0.2, -0.15) is 0 Å².